The first kappa shape index (κ1) is 12.1. The van der Waals surface area contributed by atoms with Gasteiger partial charge in [-0.3, -0.25) is 5.41 Å². The van der Waals surface area contributed by atoms with Crippen LogP contribution in [0.2, 0.25) is 0 Å². The average Bonchev–Trinajstić information content (AvgIpc) is 2.15. The van der Waals surface area contributed by atoms with Crippen molar-refractivity contribution in [1.82, 2.24) is 0 Å². The lowest BCUT2D eigenvalue weighted by atomic mass is 10.1. The van der Waals surface area contributed by atoms with Crippen LogP contribution in [-0.4, -0.2) is 11.6 Å². The van der Waals surface area contributed by atoms with Crippen LogP contribution in [0.1, 0.15) is 25.0 Å². The van der Waals surface area contributed by atoms with E-state index < -0.39 is 0 Å². The molecule has 0 saturated carbocycles. The molecule has 0 bridgehead atoms. The molecular weight excluding hydrogens is 204 g/mol. The first-order chi connectivity index (χ1) is 7.02. The molecule has 0 unspecified atom stereocenters. The second-order valence-electron chi connectivity index (χ2n) is 4.07. The molecule has 0 aliphatic carbocycles. The van der Waals surface area contributed by atoms with Gasteiger partial charge in [0.1, 0.15) is 5.84 Å². The van der Waals surface area contributed by atoms with E-state index >= 15 is 0 Å². The Balaban J connectivity index is 2.97. The fraction of sp³-hybridized carbons (Fsp3) is 0.417. The first-order valence-corrected chi connectivity index (χ1v) is 6.07. The Morgan fingerprint density at radius 3 is 2.67 bits per heavy atom. The van der Waals surface area contributed by atoms with Gasteiger partial charge < -0.3 is 5.73 Å². The highest BCUT2D eigenvalue weighted by atomic mass is 32.2. The monoisotopic (exact) mass is 222 g/mol. The van der Waals surface area contributed by atoms with E-state index in [-0.39, 0.29) is 5.84 Å². The number of rotatable bonds is 4. The Labute approximate surface area is 95.8 Å². The molecule has 1 aromatic carbocycles. The maximum Gasteiger partial charge on any atom is 0.123 e. The van der Waals surface area contributed by atoms with E-state index in [1.54, 1.807) is 11.8 Å². The van der Waals surface area contributed by atoms with Crippen LogP contribution in [0, 0.1) is 18.3 Å². The van der Waals surface area contributed by atoms with E-state index in [4.69, 9.17) is 11.1 Å². The van der Waals surface area contributed by atoms with Gasteiger partial charge in [-0.1, -0.05) is 32.0 Å². The molecular formula is C12H18N2S. The average molecular weight is 222 g/mol. The Bertz CT molecular complexity index is 359. The Morgan fingerprint density at radius 1 is 1.47 bits per heavy atom. The highest BCUT2D eigenvalue weighted by Crippen LogP contribution is 2.27. The zero-order valence-electron chi connectivity index (χ0n) is 9.50. The summed E-state index contributed by atoms with van der Waals surface area (Å²) in [6.45, 7) is 6.45. The zero-order chi connectivity index (χ0) is 11.4. The lowest BCUT2D eigenvalue weighted by Gasteiger charge is -2.12. The molecule has 82 valence electrons. The number of thioether (sulfide) groups is 1. The van der Waals surface area contributed by atoms with Crippen LogP contribution in [-0.2, 0) is 0 Å². The maximum atomic E-state index is 7.52. The largest absolute Gasteiger partial charge is 0.384 e. The molecule has 1 aromatic rings. The summed E-state index contributed by atoms with van der Waals surface area (Å²) < 4.78 is 0. The van der Waals surface area contributed by atoms with Gasteiger partial charge in [-0.25, -0.2) is 0 Å². The molecule has 0 fully saturated rings. The number of nitrogens with two attached hydrogens (primary N) is 1. The molecule has 0 spiro atoms. The molecule has 3 heteroatoms. The van der Waals surface area contributed by atoms with Crippen LogP contribution in [0.15, 0.2) is 23.1 Å². The van der Waals surface area contributed by atoms with Crippen LogP contribution in [0.25, 0.3) is 0 Å². The predicted molar refractivity (Wildman–Crippen MR) is 67.8 cm³/mol. The summed E-state index contributed by atoms with van der Waals surface area (Å²) in [5.74, 6) is 1.87. The van der Waals surface area contributed by atoms with Gasteiger partial charge in [0.15, 0.2) is 0 Å². The summed E-state index contributed by atoms with van der Waals surface area (Å²) in [4.78, 5) is 1.15. The van der Waals surface area contributed by atoms with Crippen molar-refractivity contribution in [2.24, 2.45) is 11.7 Å². The number of amidine groups is 1. The summed E-state index contributed by atoms with van der Waals surface area (Å²) in [7, 11) is 0. The zero-order valence-corrected chi connectivity index (χ0v) is 10.3. The van der Waals surface area contributed by atoms with Crippen molar-refractivity contribution in [3.63, 3.8) is 0 Å². The van der Waals surface area contributed by atoms with Crippen molar-refractivity contribution in [3.05, 3.63) is 29.3 Å². The predicted octanol–water partition coefficient (Wildman–Crippen LogP) is 3.03. The minimum Gasteiger partial charge on any atom is -0.384 e. The topological polar surface area (TPSA) is 49.9 Å². The van der Waals surface area contributed by atoms with Crippen LogP contribution in [0.4, 0.5) is 0 Å². The minimum absolute atomic E-state index is 0.157. The van der Waals surface area contributed by atoms with Crippen molar-refractivity contribution >= 4 is 17.6 Å². The normalized spacial score (nSPS) is 10.7. The molecule has 0 saturated heterocycles. The molecule has 0 aliphatic rings. The lowest BCUT2D eigenvalue weighted by Crippen LogP contribution is -2.13. The van der Waals surface area contributed by atoms with Gasteiger partial charge >= 0.3 is 0 Å². The molecule has 2 nitrogen and oxygen atoms in total. The van der Waals surface area contributed by atoms with Crippen LogP contribution < -0.4 is 5.73 Å². The van der Waals surface area contributed by atoms with Crippen LogP contribution >= 0.6 is 11.8 Å². The summed E-state index contributed by atoms with van der Waals surface area (Å²) in [5.41, 5.74) is 7.62. The van der Waals surface area contributed by atoms with Gasteiger partial charge in [0.05, 0.1) is 0 Å². The molecule has 15 heavy (non-hydrogen) atoms. The first-order valence-electron chi connectivity index (χ1n) is 5.09. The van der Waals surface area contributed by atoms with Crippen LogP contribution in [0.5, 0.6) is 0 Å². The Morgan fingerprint density at radius 2 is 2.13 bits per heavy atom. The van der Waals surface area contributed by atoms with Gasteiger partial charge in [-0.15, -0.1) is 11.8 Å². The minimum atomic E-state index is 0.157. The third kappa shape index (κ3) is 3.27. The van der Waals surface area contributed by atoms with Crippen molar-refractivity contribution in [2.45, 2.75) is 25.7 Å². The van der Waals surface area contributed by atoms with Crippen molar-refractivity contribution in [2.75, 3.05) is 5.75 Å². The summed E-state index contributed by atoms with van der Waals surface area (Å²) >= 11 is 1.79. The van der Waals surface area contributed by atoms with Crippen LogP contribution in [0.3, 0.4) is 0 Å². The fourth-order valence-electron chi connectivity index (χ4n) is 1.31. The second-order valence-corrected chi connectivity index (χ2v) is 5.10. The third-order valence-electron chi connectivity index (χ3n) is 2.06. The van der Waals surface area contributed by atoms with Gasteiger partial charge in [-0.05, 0) is 18.4 Å². The second kappa shape index (κ2) is 5.21. The number of benzene rings is 1. The number of nitrogens with one attached hydrogen (secondary N) is 1. The SMILES string of the molecule is Cc1cccc(C(=N)N)c1SCC(C)C. The number of hydrogen-bond donors (Lipinski definition) is 2. The fourth-order valence-corrected chi connectivity index (χ4v) is 2.44. The van der Waals surface area contributed by atoms with E-state index in [9.17, 15) is 0 Å². The van der Waals surface area contributed by atoms with E-state index in [1.165, 1.54) is 5.56 Å². The standard InChI is InChI=1S/C12H18N2S/c1-8(2)7-15-11-9(3)5-4-6-10(11)12(13)14/h4-6,8H,7H2,1-3H3,(H3,13,14). The van der Waals surface area contributed by atoms with E-state index in [1.807, 2.05) is 12.1 Å². The summed E-state index contributed by atoms with van der Waals surface area (Å²) in [5, 5.41) is 7.52. The molecule has 0 atom stereocenters. The molecule has 0 heterocycles. The quantitative estimate of drug-likeness (QED) is 0.467. The molecule has 0 aromatic heterocycles. The molecule has 0 aliphatic heterocycles. The van der Waals surface area contributed by atoms with E-state index in [2.05, 4.69) is 26.8 Å². The van der Waals surface area contributed by atoms with Crippen molar-refractivity contribution in [1.29, 1.82) is 5.41 Å². The summed E-state index contributed by atoms with van der Waals surface area (Å²) in [6.07, 6.45) is 0. The lowest BCUT2D eigenvalue weighted by molar-refractivity contribution is 0.750. The molecule has 0 radical (unpaired) electrons. The smallest absolute Gasteiger partial charge is 0.123 e. The third-order valence-corrected chi connectivity index (χ3v) is 3.73. The van der Waals surface area contributed by atoms with Crippen molar-refractivity contribution in [3.8, 4) is 0 Å². The Kier molecular flexibility index (Phi) is 4.21. The van der Waals surface area contributed by atoms with E-state index in [0.29, 0.717) is 5.92 Å². The summed E-state index contributed by atoms with van der Waals surface area (Å²) in [6, 6.07) is 5.93. The molecule has 1 rings (SSSR count). The number of aryl methyl sites for hydroxylation is 1. The number of hydrogen-bond acceptors (Lipinski definition) is 2. The van der Waals surface area contributed by atoms with Gasteiger partial charge in [-0.2, -0.15) is 0 Å². The molecule has 3 N–H and O–H groups in total. The van der Waals surface area contributed by atoms with E-state index in [0.717, 1.165) is 16.2 Å². The highest BCUT2D eigenvalue weighted by Gasteiger charge is 2.08. The van der Waals surface area contributed by atoms with Crippen molar-refractivity contribution < 1.29 is 0 Å². The number of nitrogen functional groups attached to an aromatic ring is 1. The highest BCUT2D eigenvalue weighted by molar-refractivity contribution is 7.99. The molecule has 0 amide bonds. The maximum absolute atomic E-state index is 7.52. The van der Waals surface area contributed by atoms with Gasteiger partial charge in [0.25, 0.3) is 0 Å². The van der Waals surface area contributed by atoms with Gasteiger partial charge in [0, 0.05) is 16.2 Å². The Hall–Kier alpha value is -0.960. The van der Waals surface area contributed by atoms with Gasteiger partial charge in [0.2, 0.25) is 0 Å².